The molecular formula is C16H32O5Si. The standard InChI is InChI=1S/C16H32O5Si/c1-10-11(2)13(15(18)19-7)20-14(17)12(3)21-22(8,9)16(4,5)6/h11-13H,10H2,1-9H3/t11?,12-,13-/m0/s1. The molecule has 0 spiro atoms. The van der Waals surface area contributed by atoms with E-state index in [1.165, 1.54) is 7.11 Å². The van der Waals surface area contributed by atoms with E-state index in [2.05, 4.69) is 33.9 Å². The summed E-state index contributed by atoms with van der Waals surface area (Å²) in [4.78, 5) is 24.0. The third-order valence-corrected chi connectivity index (χ3v) is 9.00. The van der Waals surface area contributed by atoms with Crippen LogP contribution in [-0.4, -0.2) is 39.6 Å². The Morgan fingerprint density at radius 3 is 1.95 bits per heavy atom. The van der Waals surface area contributed by atoms with Gasteiger partial charge >= 0.3 is 11.9 Å². The average Bonchev–Trinajstić information content (AvgIpc) is 2.40. The maximum Gasteiger partial charge on any atom is 0.347 e. The second kappa shape index (κ2) is 8.11. The Morgan fingerprint density at radius 1 is 1.09 bits per heavy atom. The number of hydrogen-bond donors (Lipinski definition) is 0. The molecule has 0 N–H and O–H groups in total. The van der Waals surface area contributed by atoms with Crippen molar-refractivity contribution in [2.45, 2.75) is 78.3 Å². The van der Waals surface area contributed by atoms with Gasteiger partial charge in [-0.2, -0.15) is 0 Å². The summed E-state index contributed by atoms with van der Waals surface area (Å²) in [6.07, 6.45) is -0.866. The molecule has 0 rings (SSSR count). The van der Waals surface area contributed by atoms with Crippen molar-refractivity contribution in [1.29, 1.82) is 0 Å². The fourth-order valence-electron chi connectivity index (χ4n) is 1.61. The van der Waals surface area contributed by atoms with Crippen LogP contribution in [0.1, 0.15) is 48.0 Å². The number of rotatable bonds is 7. The predicted molar refractivity (Wildman–Crippen MR) is 89.1 cm³/mol. The molecule has 6 heteroatoms. The van der Waals surface area contributed by atoms with Crippen LogP contribution in [0.2, 0.25) is 18.1 Å². The minimum absolute atomic E-state index is 0.000000709. The Kier molecular flexibility index (Phi) is 7.78. The topological polar surface area (TPSA) is 61.8 Å². The molecule has 0 bridgehead atoms. The van der Waals surface area contributed by atoms with Gasteiger partial charge in [0.25, 0.3) is 0 Å². The van der Waals surface area contributed by atoms with Crippen molar-refractivity contribution >= 4 is 20.3 Å². The first-order valence-corrected chi connectivity index (χ1v) is 10.7. The van der Waals surface area contributed by atoms with Gasteiger partial charge in [-0.05, 0) is 31.5 Å². The van der Waals surface area contributed by atoms with Crippen molar-refractivity contribution in [1.82, 2.24) is 0 Å². The lowest BCUT2D eigenvalue weighted by Crippen LogP contribution is -2.46. The summed E-state index contributed by atoms with van der Waals surface area (Å²) in [6.45, 7) is 15.9. The summed E-state index contributed by atoms with van der Waals surface area (Å²) in [5, 5.41) is 0.000000709. The Hall–Kier alpha value is -0.883. The Labute approximate surface area is 135 Å². The quantitative estimate of drug-likeness (QED) is 0.527. The molecule has 130 valence electrons. The number of methoxy groups -OCH3 is 1. The van der Waals surface area contributed by atoms with Gasteiger partial charge in [-0.1, -0.05) is 34.6 Å². The molecule has 0 aromatic heterocycles. The first-order chi connectivity index (χ1) is 9.87. The van der Waals surface area contributed by atoms with Crippen LogP contribution in [0.5, 0.6) is 0 Å². The maximum absolute atomic E-state index is 12.3. The van der Waals surface area contributed by atoms with E-state index < -0.39 is 32.5 Å². The van der Waals surface area contributed by atoms with Crippen LogP contribution in [0, 0.1) is 5.92 Å². The summed E-state index contributed by atoms with van der Waals surface area (Å²) in [5.74, 6) is -1.14. The zero-order chi connectivity index (χ0) is 17.7. The second-order valence-corrected chi connectivity index (χ2v) is 12.0. The fraction of sp³-hybridized carbons (Fsp3) is 0.875. The van der Waals surface area contributed by atoms with Gasteiger partial charge in [0.15, 0.2) is 8.32 Å². The highest BCUT2D eigenvalue weighted by Crippen LogP contribution is 2.37. The van der Waals surface area contributed by atoms with Crippen LogP contribution < -0.4 is 0 Å². The molecular weight excluding hydrogens is 300 g/mol. The molecule has 0 radical (unpaired) electrons. The number of hydrogen-bond acceptors (Lipinski definition) is 5. The molecule has 0 fully saturated rings. The molecule has 0 aliphatic carbocycles. The number of ether oxygens (including phenoxy) is 2. The van der Waals surface area contributed by atoms with Crippen LogP contribution in [0.4, 0.5) is 0 Å². The van der Waals surface area contributed by atoms with E-state index in [1.54, 1.807) is 6.92 Å². The third-order valence-electron chi connectivity index (χ3n) is 4.45. The Morgan fingerprint density at radius 2 is 1.59 bits per heavy atom. The summed E-state index contributed by atoms with van der Waals surface area (Å²) < 4.78 is 16.1. The molecule has 3 atom stereocenters. The number of esters is 2. The van der Waals surface area contributed by atoms with Crippen molar-refractivity contribution in [3.8, 4) is 0 Å². The number of carbonyl (C=O) groups is 2. The molecule has 5 nitrogen and oxygen atoms in total. The molecule has 22 heavy (non-hydrogen) atoms. The van der Waals surface area contributed by atoms with Crippen LogP contribution >= 0.6 is 0 Å². The highest BCUT2D eigenvalue weighted by molar-refractivity contribution is 6.74. The fourth-order valence-corrected chi connectivity index (χ4v) is 2.95. The van der Waals surface area contributed by atoms with E-state index in [-0.39, 0.29) is 11.0 Å². The van der Waals surface area contributed by atoms with Gasteiger partial charge in [-0.25, -0.2) is 9.59 Å². The maximum atomic E-state index is 12.3. The monoisotopic (exact) mass is 332 g/mol. The molecule has 0 saturated heterocycles. The third kappa shape index (κ3) is 5.72. The van der Waals surface area contributed by atoms with Crippen LogP contribution in [0.25, 0.3) is 0 Å². The van der Waals surface area contributed by atoms with Gasteiger partial charge in [0.1, 0.15) is 6.10 Å². The first kappa shape index (κ1) is 21.1. The first-order valence-electron chi connectivity index (χ1n) is 7.83. The highest BCUT2D eigenvalue weighted by atomic mass is 28.4. The van der Waals surface area contributed by atoms with E-state index in [4.69, 9.17) is 13.9 Å². The highest BCUT2D eigenvalue weighted by Gasteiger charge is 2.40. The molecule has 0 heterocycles. The van der Waals surface area contributed by atoms with Crippen molar-refractivity contribution in [3.63, 3.8) is 0 Å². The molecule has 1 unspecified atom stereocenters. The molecule has 0 amide bonds. The lowest BCUT2D eigenvalue weighted by atomic mass is 10.0. The van der Waals surface area contributed by atoms with Crippen molar-refractivity contribution < 1.29 is 23.5 Å². The van der Waals surface area contributed by atoms with E-state index in [0.717, 1.165) is 0 Å². The lowest BCUT2D eigenvalue weighted by molar-refractivity contribution is -0.174. The van der Waals surface area contributed by atoms with Crippen LogP contribution in [0.3, 0.4) is 0 Å². The lowest BCUT2D eigenvalue weighted by Gasteiger charge is -2.38. The Balaban J connectivity index is 4.92. The van der Waals surface area contributed by atoms with Crippen molar-refractivity contribution in [3.05, 3.63) is 0 Å². The smallest absolute Gasteiger partial charge is 0.347 e. The molecule has 0 aliphatic heterocycles. The van der Waals surface area contributed by atoms with E-state index in [1.807, 2.05) is 13.8 Å². The minimum Gasteiger partial charge on any atom is -0.466 e. The van der Waals surface area contributed by atoms with Crippen LogP contribution in [-0.2, 0) is 23.5 Å². The van der Waals surface area contributed by atoms with Gasteiger partial charge in [0.05, 0.1) is 7.11 Å². The molecule has 0 aromatic carbocycles. The normalized spacial score (nSPS) is 16.6. The van der Waals surface area contributed by atoms with Crippen molar-refractivity contribution in [2.24, 2.45) is 5.92 Å². The molecule has 0 aromatic rings. The van der Waals surface area contributed by atoms with E-state index in [0.29, 0.717) is 6.42 Å². The zero-order valence-corrected chi connectivity index (χ0v) is 16.5. The number of carbonyl (C=O) groups excluding carboxylic acids is 2. The average molecular weight is 333 g/mol. The van der Waals surface area contributed by atoms with E-state index >= 15 is 0 Å². The van der Waals surface area contributed by atoms with Gasteiger partial charge in [0.2, 0.25) is 6.10 Å². The summed E-state index contributed by atoms with van der Waals surface area (Å²) in [7, 11) is -0.777. The van der Waals surface area contributed by atoms with E-state index in [9.17, 15) is 9.59 Å². The summed E-state index contributed by atoms with van der Waals surface area (Å²) in [5.41, 5.74) is 0. The van der Waals surface area contributed by atoms with Gasteiger partial charge < -0.3 is 13.9 Å². The summed E-state index contributed by atoms with van der Waals surface area (Å²) >= 11 is 0. The van der Waals surface area contributed by atoms with Gasteiger partial charge in [0, 0.05) is 5.92 Å². The van der Waals surface area contributed by atoms with Gasteiger partial charge in [-0.15, -0.1) is 0 Å². The van der Waals surface area contributed by atoms with Crippen LogP contribution in [0.15, 0.2) is 0 Å². The minimum atomic E-state index is -2.07. The largest absolute Gasteiger partial charge is 0.466 e. The molecule has 0 saturated carbocycles. The van der Waals surface area contributed by atoms with Crippen molar-refractivity contribution in [2.75, 3.05) is 7.11 Å². The molecule has 0 aliphatic rings. The second-order valence-electron chi connectivity index (χ2n) is 7.29. The van der Waals surface area contributed by atoms with Gasteiger partial charge in [-0.3, -0.25) is 0 Å². The SMILES string of the molecule is CCC(C)[C@H](OC(=O)[C@H](C)O[Si](C)(C)C(C)(C)C)C(=O)OC. The zero-order valence-electron chi connectivity index (χ0n) is 15.5. The summed E-state index contributed by atoms with van der Waals surface area (Å²) in [6, 6.07) is 0. The predicted octanol–water partition coefficient (Wildman–Crippen LogP) is 3.53. The Bertz CT molecular complexity index is 386.